The van der Waals surface area contributed by atoms with Crippen molar-refractivity contribution in [2.45, 2.75) is 32.7 Å². The highest BCUT2D eigenvalue weighted by Crippen LogP contribution is 2.27. The van der Waals surface area contributed by atoms with Gasteiger partial charge in [-0.05, 0) is 37.9 Å². The van der Waals surface area contributed by atoms with Gasteiger partial charge in [0.05, 0.1) is 12.0 Å². The normalized spacial score (nSPS) is 12.2. The maximum atomic E-state index is 10.8. The van der Waals surface area contributed by atoms with Crippen LogP contribution in [0.3, 0.4) is 0 Å². The summed E-state index contributed by atoms with van der Waals surface area (Å²) in [5.74, 6) is 0.320. The molecule has 0 fully saturated rings. The average molecular weight is 252 g/mol. The fraction of sp³-hybridized carbons (Fsp3) is 0.538. The van der Waals surface area contributed by atoms with Crippen LogP contribution in [0, 0.1) is 10.1 Å². The van der Waals surface area contributed by atoms with E-state index in [2.05, 4.69) is 19.2 Å². The number of ether oxygens (including phenoxy) is 1. The molecule has 0 aromatic heterocycles. The zero-order valence-corrected chi connectivity index (χ0v) is 11.1. The molecule has 1 N–H and O–H groups in total. The second-order valence-corrected chi connectivity index (χ2v) is 4.32. The Morgan fingerprint density at radius 2 is 2.22 bits per heavy atom. The molecule has 0 saturated carbocycles. The Morgan fingerprint density at radius 1 is 1.50 bits per heavy atom. The van der Waals surface area contributed by atoms with E-state index in [0.717, 1.165) is 24.9 Å². The van der Waals surface area contributed by atoms with Crippen LogP contribution in [0.5, 0.6) is 5.75 Å². The van der Waals surface area contributed by atoms with Crippen molar-refractivity contribution in [1.82, 2.24) is 5.32 Å². The molecule has 0 saturated heterocycles. The highest BCUT2D eigenvalue weighted by Gasteiger charge is 2.15. The lowest BCUT2D eigenvalue weighted by atomic mass is 10.1. The standard InChI is InChI=1S/C13H20N2O3/c1-4-7-14-10(2)8-11-5-6-12(15(16)17)13(9-11)18-3/h5-6,9-10,14H,4,7-8H2,1-3H3. The maximum absolute atomic E-state index is 10.8. The Bertz CT molecular complexity index is 407. The molecule has 1 aromatic carbocycles. The molecular formula is C13H20N2O3. The summed E-state index contributed by atoms with van der Waals surface area (Å²) in [6, 6.07) is 5.37. The van der Waals surface area contributed by atoms with E-state index in [0.29, 0.717) is 11.8 Å². The minimum absolute atomic E-state index is 0.00965. The summed E-state index contributed by atoms with van der Waals surface area (Å²) >= 11 is 0. The molecule has 0 aliphatic heterocycles. The van der Waals surface area contributed by atoms with Gasteiger partial charge in [-0.15, -0.1) is 0 Å². The van der Waals surface area contributed by atoms with E-state index in [1.807, 2.05) is 0 Å². The third-order valence-electron chi connectivity index (χ3n) is 2.73. The number of methoxy groups -OCH3 is 1. The lowest BCUT2D eigenvalue weighted by Gasteiger charge is -2.13. The first-order chi connectivity index (χ1) is 8.58. The van der Waals surface area contributed by atoms with Crippen LogP contribution >= 0.6 is 0 Å². The summed E-state index contributed by atoms with van der Waals surface area (Å²) < 4.78 is 5.05. The second kappa shape index (κ2) is 6.96. The van der Waals surface area contributed by atoms with Gasteiger partial charge in [0.2, 0.25) is 0 Å². The highest BCUT2D eigenvalue weighted by atomic mass is 16.6. The number of nitrogens with zero attached hydrogens (tertiary/aromatic N) is 1. The quantitative estimate of drug-likeness (QED) is 0.598. The predicted molar refractivity (Wildman–Crippen MR) is 71.1 cm³/mol. The second-order valence-electron chi connectivity index (χ2n) is 4.32. The van der Waals surface area contributed by atoms with Crippen molar-refractivity contribution in [3.63, 3.8) is 0 Å². The summed E-state index contributed by atoms with van der Waals surface area (Å²) in [6.07, 6.45) is 1.92. The van der Waals surface area contributed by atoms with Gasteiger partial charge in [-0.2, -0.15) is 0 Å². The molecule has 100 valence electrons. The Balaban J connectivity index is 2.76. The molecule has 0 aliphatic rings. The van der Waals surface area contributed by atoms with Gasteiger partial charge in [-0.3, -0.25) is 10.1 Å². The Morgan fingerprint density at radius 3 is 2.78 bits per heavy atom. The first-order valence-electron chi connectivity index (χ1n) is 6.13. The highest BCUT2D eigenvalue weighted by molar-refractivity contribution is 5.48. The molecule has 0 aliphatic carbocycles. The Hall–Kier alpha value is -1.62. The van der Waals surface area contributed by atoms with Gasteiger partial charge in [-0.1, -0.05) is 13.0 Å². The average Bonchev–Trinajstić information content (AvgIpc) is 2.35. The van der Waals surface area contributed by atoms with Crippen molar-refractivity contribution in [2.24, 2.45) is 0 Å². The van der Waals surface area contributed by atoms with Gasteiger partial charge < -0.3 is 10.1 Å². The van der Waals surface area contributed by atoms with E-state index in [9.17, 15) is 10.1 Å². The van der Waals surface area contributed by atoms with E-state index < -0.39 is 4.92 Å². The number of nitro groups is 1. The number of nitro benzene ring substituents is 1. The van der Waals surface area contributed by atoms with Crippen molar-refractivity contribution in [2.75, 3.05) is 13.7 Å². The Kier molecular flexibility index (Phi) is 5.58. The van der Waals surface area contributed by atoms with Gasteiger partial charge in [-0.25, -0.2) is 0 Å². The molecule has 1 aromatic rings. The van der Waals surface area contributed by atoms with Crippen LogP contribution < -0.4 is 10.1 Å². The van der Waals surface area contributed by atoms with Gasteiger partial charge in [0.25, 0.3) is 0 Å². The van der Waals surface area contributed by atoms with E-state index in [1.54, 1.807) is 12.1 Å². The molecule has 0 heterocycles. The van der Waals surface area contributed by atoms with Crippen LogP contribution in [-0.2, 0) is 6.42 Å². The van der Waals surface area contributed by atoms with Crippen LogP contribution in [0.4, 0.5) is 5.69 Å². The van der Waals surface area contributed by atoms with Crippen molar-refractivity contribution in [3.8, 4) is 5.75 Å². The third kappa shape index (κ3) is 4.00. The number of nitrogens with one attached hydrogen (secondary N) is 1. The Labute approximate surface area is 107 Å². The zero-order valence-electron chi connectivity index (χ0n) is 11.1. The van der Waals surface area contributed by atoms with Gasteiger partial charge >= 0.3 is 5.69 Å². The van der Waals surface area contributed by atoms with Gasteiger partial charge in [0, 0.05) is 12.1 Å². The molecule has 18 heavy (non-hydrogen) atoms. The van der Waals surface area contributed by atoms with Crippen molar-refractivity contribution < 1.29 is 9.66 Å². The number of hydrogen-bond donors (Lipinski definition) is 1. The molecule has 5 nitrogen and oxygen atoms in total. The van der Waals surface area contributed by atoms with Crippen molar-refractivity contribution >= 4 is 5.69 Å². The van der Waals surface area contributed by atoms with Crippen LogP contribution in [0.25, 0.3) is 0 Å². The third-order valence-corrected chi connectivity index (χ3v) is 2.73. The molecule has 0 radical (unpaired) electrons. The van der Waals surface area contributed by atoms with Crippen molar-refractivity contribution in [3.05, 3.63) is 33.9 Å². The molecule has 1 rings (SSSR count). The minimum Gasteiger partial charge on any atom is -0.490 e. The summed E-state index contributed by atoms with van der Waals surface area (Å²) in [6.45, 7) is 5.20. The van der Waals surface area contributed by atoms with Crippen LogP contribution in [0.15, 0.2) is 18.2 Å². The van der Waals surface area contributed by atoms with Crippen molar-refractivity contribution in [1.29, 1.82) is 0 Å². The van der Waals surface area contributed by atoms with E-state index in [4.69, 9.17) is 4.74 Å². The van der Waals surface area contributed by atoms with Crippen LogP contribution in [-0.4, -0.2) is 24.6 Å². The number of benzene rings is 1. The first kappa shape index (κ1) is 14.4. The summed E-state index contributed by atoms with van der Waals surface area (Å²) in [7, 11) is 1.45. The molecule has 5 heteroatoms. The fourth-order valence-electron chi connectivity index (χ4n) is 1.82. The summed E-state index contributed by atoms with van der Waals surface area (Å²) in [5.41, 5.74) is 1.05. The topological polar surface area (TPSA) is 64.4 Å². The SMILES string of the molecule is CCCNC(C)Cc1ccc([N+](=O)[O-])c(OC)c1. The molecular weight excluding hydrogens is 232 g/mol. The lowest BCUT2D eigenvalue weighted by Crippen LogP contribution is -2.28. The summed E-state index contributed by atoms with van der Waals surface area (Å²) in [5, 5.41) is 14.1. The molecule has 1 unspecified atom stereocenters. The van der Waals surface area contributed by atoms with Crippen LogP contribution in [0.2, 0.25) is 0 Å². The molecule has 0 spiro atoms. The smallest absolute Gasteiger partial charge is 0.310 e. The van der Waals surface area contributed by atoms with Crippen LogP contribution in [0.1, 0.15) is 25.8 Å². The molecule has 0 bridgehead atoms. The number of rotatable bonds is 7. The minimum atomic E-state index is -0.429. The van der Waals surface area contributed by atoms with Gasteiger partial charge in [0.1, 0.15) is 0 Å². The maximum Gasteiger partial charge on any atom is 0.310 e. The van der Waals surface area contributed by atoms with E-state index in [-0.39, 0.29) is 5.69 Å². The monoisotopic (exact) mass is 252 g/mol. The fourth-order valence-corrected chi connectivity index (χ4v) is 1.82. The molecule has 0 amide bonds. The van der Waals surface area contributed by atoms with E-state index in [1.165, 1.54) is 13.2 Å². The first-order valence-corrected chi connectivity index (χ1v) is 6.13. The van der Waals surface area contributed by atoms with E-state index >= 15 is 0 Å². The predicted octanol–water partition coefficient (Wildman–Crippen LogP) is 2.53. The molecule has 1 atom stereocenters. The van der Waals surface area contributed by atoms with Gasteiger partial charge in [0.15, 0.2) is 5.75 Å². The largest absolute Gasteiger partial charge is 0.490 e. The number of hydrogen-bond acceptors (Lipinski definition) is 4. The summed E-state index contributed by atoms with van der Waals surface area (Å²) in [4.78, 5) is 10.3. The zero-order chi connectivity index (χ0) is 13.5. The lowest BCUT2D eigenvalue weighted by molar-refractivity contribution is -0.385.